The van der Waals surface area contributed by atoms with Crippen molar-refractivity contribution in [3.63, 3.8) is 0 Å². The van der Waals surface area contributed by atoms with E-state index in [4.69, 9.17) is 0 Å². The Morgan fingerprint density at radius 1 is 0.686 bits per heavy atom. The second-order valence-electron chi connectivity index (χ2n) is 8.00. The molecular formula is C26H19N4O3SZn. The van der Waals surface area contributed by atoms with Crippen molar-refractivity contribution >= 4 is 59.5 Å². The number of aromatic amines is 2. The summed E-state index contributed by atoms with van der Waals surface area (Å²) < 4.78 is 34.6. The van der Waals surface area contributed by atoms with Crippen molar-refractivity contribution in [1.29, 1.82) is 0 Å². The number of rotatable bonds is 1. The number of hydrogen-bond acceptors (Lipinski definition) is 4. The SMILES string of the molecule is O=S(=O)(O)C1=Cc2cc3ccc(cc4nc(cc5ccc(cc1n2)[nH]5)C=C4)[nH]3.[Zn][c]1ccccc1. The van der Waals surface area contributed by atoms with E-state index in [9.17, 15) is 13.0 Å². The fourth-order valence-corrected chi connectivity index (χ4v) is 4.88. The van der Waals surface area contributed by atoms with Crippen LogP contribution in [0.3, 0.4) is 0 Å². The van der Waals surface area contributed by atoms with Gasteiger partial charge >= 0.3 is 52.8 Å². The molecule has 3 N–H and O–H groups in total. The van der Waals surface area contributed by atoms with Gasteiger partial charge in [0.15, 0.2) is 0 Å². The van der Waals surface area contributed by atoms with Gasteiger partial charge in [-0.15, -0.1) is 0 Å². The summed E-state index contributed by atoms with van der Waals surface area (Å²) in [6.07, 6.45) is 5.21. The van der Waals surface area contributed by atoms with Gasteiger partial charge in [-0.3, -0.25) is 4.55 Å². The van der Waals surface area contributed by atoms with Gasteiger partial charge in [-0.05, 0) is 66.8 Å². The molecule has 0 aliphatic carbocycles. The zero-order chi connectivity index (χ0) is 24.4. The summed E-state index contributed by atoms with van der Waals surface area (Å²) in [4.78, 5) is 15.1. The number of nitrogens with one attached hydrogen (secondary N) is 2. The molecule has 2 aliphatic heterocycles. The summed E-state index contributed by atoms with van der Waals surface area (Å²) in [6.45, 7) is 0. The Bertz CT molecular complexity index is 1740. The summed E-state index contributed by atoms with van der Waals surface area (Å²) in [5.74, 6) is 0. The number of H-pyrrole nitrogens is 2. The van der Waals surface area contributed by atoms with Crippen LogP contribution in [0.15, 0.2) is 78.9 Å². The molecule has 9 heteroatoms. The molecule has 0 fully saturated rings. The van der Waals surface area contributed by atoms with Crippen LogP contribution in [0.4, 0.5) is 0 Å². The maximum absolute atomic E-state index is 11.8. The molecule has 0 saturated carbocycles. The van der Waals surface area contributed by atoms with Crippen molar-refractivity contribution in [3.8, 4) is 0 Å². The third-order valence-electron chi connectivity index (χ3n) is 5.25. The first-order valence-corrected chi connectivity index (χ1v) is 13.7. The molecule has 2 aliphatic rings. The molecule has 4 aromatic rings. The normalized spacial score (nSPS) is 12.6. The van der Waals surface area contributed by atoms with E-state index >= 15 is 0 Å². The molecule has 0 unspecified atom stereocenters. The standard InChI is InChI=1S/C20H14N4O3S.C6H5.Zn/c25-28(26,27)20-11-18-9-16-4-3-14(22-16)7-12-1-2-13(21-12)8-15-5-6-17(23-15)10-19(20)24-18;1-2-4-6-5-3-1;/h1-11,22-23H,(H,25,26,27);1-5H;. The molecule has 0 saturated heterocycles. The Morgan fingerprint density at radius 3 is 1.69 bits per heavy atom. The molecule has 8 bridgehead atoms. The van der Waals surface area contributed by atoms with E-state index in [1.165, 1.54) is 28.5 Å². The van der Waals surface area contributed by atoms with Crippen LogP contribution in [-0.4, -0.2) is 32.9 Å². The van der Waals surface area contributed by atoms with Crippen LogP contribution in [0, 0.1) is 0 Å². The molecular weight excluding hydrogens is 514 g/mol. The third-order valence-corrected chi connectivity index (χ3v) is 7.12. The van der Waals surface area contributed by atoms with Crippen LogP contribution in [0.2, 0.25) is 0 Å². The van der Waals surface area contributed by atoms with Crippen molar-refractivity contribution in [3.05, 3.63) is 102 Å². The van der Waals surface area contributed by atoms with Crippen LogP contribution < -0.4 is 4.16 Å². The van der Waals surface area contributed by atoms with Crippen LogP contribution in [-0.2, 0) is 28.4 Å². The first-order chi connectivity index (χ1) is 16.8. The second-order valence-corrected chi connectivity index (χ2v) is 11.1. The number of nitrogens with zero attached hydrogens (tertiary/aromatic N) is 2. The fourth-order valence-electron chi connectivity index (χ4n) is 3.67. The van der Waals surface area contributed by atoms with Crippen LogP contribution in [0.5, 0.6) is 0 Å². The monoisotopic (exact) mass is 531 g/mol. The molecule has 6 rings (SSSR count). The Labute approximate surface area is 211 Å². The van der Waals surface area contributed by atoms with E-state index in [1.54, 1.807) is 12.1 Å². The average molecular weight is 533 g/mol. The summed E-state index contributed by atoms with van der Waals surface area (Å²) in [5.41, 5.74) is 5.31. The summed E-state index contributed by atoms with van der Waals surface area (Å²) in [5, 5.41) is 0. The van der Waals surface area contributed by atoms with Gasteiger partial charge in [0.2, 0.25) is 0 Å². The predicted molar refractivity (Wildman–Crippen MR) is 135 cm³/mol. The Hall–Kier alpha value is -3.65. The van der Waals surface area contributed by atoms with Crippen LogP contribution in [0.25, 0.3) is 45.2 Å². The van der Waals surface area contributed by atoms with Gasteiger partial charge in [0.05, 0.1) is 22.8 Å². The number of hydrogen-bond donors (Lipinski definition) is 3. The van der Waals surface area contributed by atoms with Gasteiger partial charge in [-0.1, -0.05) is 0 Å². The molecule has 0 atom stereocenters. The Morgan fingerprint density at radius 2 is 1.20 bits per heavy atom. The molecule has 0 spiro atoms. The molecule has 169 valence electrons. The molecule has 35 heavy (non-hydrogen) atoms. The van der Waals surface area contributed by atoms with Gasteiger partial charge in [0.1, 0.15) is 4.91 Å². The van der Waals surface area contributed by atoms with Crippen molar-refractivity contribution in [2.75, 3.05) is 0 Å². The molecule has 0 amide bonds. The first-order valence-electron chi connectivity index (χ1n) is 10.7. The summed E-state index contributed by atoms with van der Waals surface area (Å²) >= 11 is 1.26. The fraction of sp³-hybridized carbons (Fsp3) is 0. The molecule has 3 aromatic heterocycles. The van der Waals surface area contributed by atoms with E-state index in [0.717, 1.165) is 27.9 Å². The van der Waals surface area contributed by atoms with Gasteiger partial charge in [-0.25, -0.2) is 9.97 Å². The topological polar surface area (TPSA) is 112 Å². The zero-order valence-electron chi connectivity index (χ0n) is 18.5. The van der Waals surface area contributed by atoms with E-state index < -0.39 is 10.1 Å². The molecule has 1 aromatic carbocycles. The van der Waals surface area contributed by atoms with Crippen molar-refractivity contribution in [1.82, 2.24) is 19.9 Å². The van der Waals surface area contributed by atoms with Crippen molar-refractivity contribution in [2.24, 2.45) is 0 Å². The Balaban J connectivity index is 0.000000313. The number of aromatic nitrogens is 4. The van der Waals surface area contributed by atoms with E-state index in [-0.39, 0.29) is 10.6 Å². The molecule has 5 heterocycles. The van der Waals surface area contributed by atoms with Gasteiger partial charge in [0, 0.05) is 22.1 Å². The predicted octanol–water partition coefficient (Wildman–Crippen LogP) is 4.73. The summed E-state index contributed by atoms with van der Waals surface area (Å²) in [6, 6.07) is 25.0. The van der Waals surface area contributed by atoms with Crippen LogP contribution in [0.1, 0.15) is 22.8 Å². The zero-order valence-corrected chi connectivity index (χ0v) is 22.3. The van der Waals surface area contributed by atoms with Gasteiger partial charge in [-0.2, -0.15) is 8.42 Å². The number of benzene rings is 1. The minimum absolute atomic E-state index is 0.168. The van der Waals surface area contributed by atoms with Gasteiger partial charge < -0.3 is 9.97 Å². The van der Waals surface area contributed by atoms with Crippen molar-refractivity contribution < 1.29 is 31.3 Å². The van der Waals surface area contributed by atoms with Crippen molar-refractivity contribution in [2.45, 2.75) is 0 Å². The quantitative estimate of drug-likeness (QED) is 0.213. The molecule has 0 radical (unpaired) electrons. The van der Waals surface area contributed by atoms with E-state index in [2.05, 4.69) is 44.2 Å². The average Bonchev–Trinajstić information content (AvgIpc) is 3.59. The van der Waals surface area contributed by atoms with Crippen LogP contribution >= 0.6 is 0 Å². The first kappa shape index (κ1) is 23.1. The number of fused-ring (bicyclic) bond motifs is 8. The Kier molecular flexibility index (Phi) is 6.30. The second kappa shape index (κ2) is 9.54. The van der Waals surface area contributed by atoms with E-state index in [0.29, 0.717) is 11.2 Å². The summed E-state index contributed by atoms with van der Waals surface area (Å²) in [7, 11) is -4.41. The van der Waals surface area contributed by atoms with Gasteiger partial charge in [0.25, 0.3) is 10.1 Å². The minimum atomic E-state index is -4.41. The maximum atomic E-state index is 11.8. The van der Waals surface area contributed by atoms with E-state index in [1.807, 2.05) is 54.6 Å². The third kappa shape index (κ3) is 5.71. The molecule has 7 nitrogen and oxygen atoms in total.